The molecule has 0 saturated heterocycles. The molecule has 0 radical (unpaired) electrons. The molecule has 29 heavy (non-hydrogen) atoms. The largest absolute Gasteiger partial charge is 0.444 e. The Labute approximate surface area is 165 Å². The third kappa shape index (κ3) is 7.24. The quantitative estimate of drug-likeness (QED) is 0.756. The van der Waals surface area contributed by atoms with E-state index < -0.39 is 36.1 Å². The van der Waals surface area contributed by atoms with Gasteiger partial charge in [0.05, 0.1) is 30.4 Å². The highest BCUT2D eigenvalue weighted by atomic mass is 19.4. The maximum atomic E-state index is 12.5. The van der Waals surface area contributed by atoms with Crippen LogP contribution in [0.5, 0.6) is 0 Å². The molecular weight excluding hydrogens is 391 g/mol. The van der Waals surface area contributed by atoms with Gasteiger partial charge in [0, 0.05) is 18.8 Å². The van der Waals surface area contributed by atoms with E-state index in [-0.39, 0.29) is 13.1 Å². The molecule has 1 atom stereocenters. The summed E-state index contributed by atoms with van der Waals surface area (Å²) in [6.07, 6.45) is -2.29. The van der Waals surface area contributed by atoms with Crippen LogP contribution in [0, 0.1) is 5.92 Å². The number of ether oxygens (including phenoxy) is 1. The number of carbonyl (C=O) groups is 2. The maximum absolute atomic E-state index is 12.5. The average Bonchev–Trinajstić information content (AvgIpc) is 2.98. The molecule has 0 bridgehead atoms. The molecule has 2 aromatic rings. The van der Waals surface area contributed by atoms with E-state index >= 15 is 0 Å². The molecule has 0 aliphatic carbocycles. The zero-order chi connectivity index (χ0) is 21.8. The van der Waals surface area contributed by atoms with Crippen LogP contribution in [0.1, 0.15) is 45.5 Å². The van der Waals surface area contributed by atoms with Gasteiger partial charge in [-0.1, -0.05) is 6.92 Å². The number of carbonyl (C=O) groups excluding carboxylic acids is 2. The standard InChI is InChI=1S/C18H24F3N5O3/c1-11(18(19,20)21)7-14(27)22-8-12-5-6-26-10-13(25-15(26)24-12)9-23-16(28)29-17(2,3)4/h5-6,10-11H,7-9H2,1-4H3,(H,22,27)(H,23,28). The molecular formula is C18H24F3N5O3. The summed E-state index contributed by atoms with van der Waals surface area (Å²) in [6.45, 7) is 6.35. The molecule has 11 heteroatoms. The second kappa shape index (κ2) is 8.66. The van der Waals surface area contributed by atoms with Crippen LogP contribution in [-0.4, -0.2) is 38.1 Å². The second-order valence-corrected chi connectivity index (χ2v) is 7.64. The Morgan fingerprint density at radius 3 is 2.38 bits per heavy atom. The topological polar surface area (TPSA) is 97.6 Å². The van der Waals surface area contributed by atoms with E-state index in [1.807, 2.05) is 0 Å². The Kier molecular flexibility index (Phi) is 6.70. The van der Waals surface area contributed by atoms with Gasteiger partial charge in [-0.05, 0) is 26.8 Å². The van der Waals surface area contributed by atoms with Gasteiger partial charge in [-0.2, -0.15) is 13.2 Å². The van der Waals surface area contributed by atoms with Gasteiger partial charge in [0.15, 0.2) is 0 Å². The maximum Gasteiger partial charge on any atom is 0.407 e. The molecule has 2 heterocycles. The summed E-state index contributed by atoms with van der Waals surface area (Å²) in [5, 5.41) is 5.01. The van der Waals surface area contributed by atoms with Crippen molar-refractivity contribution in [3.05, 3.63) is 29.8 Å². The number of alkyl halides is 3. The molecule has 2 aromatic heterocycles. The van der Waals surface area contributed by atoms with Crippen molar-refractivity contribution in [3.8, 4) is 0 Å². The van der Waals surface area contributed by atoms with Gasteiger partial charge >= 0.3 is 12.3 Å². The van der Waals surface area contributed by atoms with Crippen LogP contribution in [-0.2, 0) is 22.6 Å². The van der Waals surface area contributed by atoms with Gasteiger partial charge < -0.3 is 15.4 Å². The highest BCUT2D eigenvalue weighted by Gasteiger charge is 2.37. The number of imidazole rings is 1. The minimum absolute atomic E-state index is 0.0156. The molecule has 160 valence electrons. The lowest BCUT2D eigenvalue weighted by Crippen LogP contribution is -2.32. The number of nitrogens with zero attached hydrogens (tertiary/aromatic N) is 3. The first-order valence-corrected chi connectivity index (χ1v) is 8.97. The third-order valence-electron chi connectivity index (χ3n) is 3.76. The van der Waals surface area contributed by atoms with Crippen molar-refractivity contribution in [2.75, 3.05) is 0 Å². The minimum atomic E-state index is -4.41. The van der Waals surface area contributed by atoms with Crippen molar-refractivity contribution >= 4 is 17.8 Å². The van der Waals surface area contributed by atoms with Gasteiger partial charge in [-0.25, -0.2) is 14.8 Å². The minimum Gasteiger partial charge on any atom is -0.444 e. The highest BCUT2D eigenvalue weighted by Crippen LogP contribution is 2.27. The Hall–Kier alpha value is -2.85. The van der Waals surface area contributed by atoms with Crippen LogP contribution in [0.15, 0.2) is 18.5 Å². The Morgan fingerprint density at radius 1 is 1.14 bits per heavy atom. The summed E-state index contributed by atoms with van der Waals surface area (Å²) in [5.74, 6) is -2.09. The van der Waals surface area contributed by atoms with Gasteiger partial charge in [0.1, 0.15) is 5.60 Å². The van der Waals surface area contributed by atoms with Gasteiger partial charge in [0.2, 0.25) is 11.7 Å². The van der Waals surface area contributed by atoms with Crippen molar-refractivity contribution in [2.24, 2.45) is 5.92 Å². The number of fused-ring (bicyclic) bond motifs is 1. The molecule has 0 aliphatic heterocycles. The van der Waals surface area contributed by atoms with E-state index in [9.17, 15) is 22.8 Å². The third-order valence-corrected chi connectivity index (χ3v) is 3.76. The molecule has 0 saturated carbocycles. The van der Waals surface area contributed by atoms with Crippen LogP contribution in [0.4, 0.5) is 18.0 Å². The molecule has 8 nitrogen and oxygen atoms in total. The van der Waals surface area contributed by atoms with E-state index in [1.54, 1.807) is 43.6 Å². The predicted octanol–water partition coefficient (Wildman–Crippen LogP) is 2.96. The predicted molar refractivity (Wildman–Crippen MR) is 97.7 cm³/mol. The fraction of sp³-hybridized carbons (Fsp3) is 0.556. The number of hydrogen-bond donors (Lipinski definition) is 2. The summed E-state index contributed by atoms with van der Waals surface area (Å²) < 4.78 is 44.3. The highest BCUT2D eigenvalue weighted by molar-refractivity contribution is 5.76. The van der Waals surface area contributed by atoms with Crippen LogP contribution >= 0.6 is 0 Å². The van der Waals surface area contributed by atoms with Gasteiger partial charge in [0.25, 0.3) is 0 Å². The van der Waals surface area contributed by atoms with Gasteiger partial charge in [-0.3, -0.25) is 9.20 Å². The number of hydrogen-bond acceptors (Lipinski definition) is 5. The first kappa shape index (κ1) is 22.4. The number of halogens is 3. The summed E-state index contributed by atoms with van der Waals surface area (Å²) in [5.41, 5.74) is 0.383. The van der Waals surface area contributed by atoms with Crippen molar-refractivity contribution in [3.63, 3.8) is 0 Å². The zero-order valence-electron chi connectivity index (χ0n) is 16.6. The summed E-state index contributed by atoms with van der Waals surface area (Å²) in [4.78, 5) is 31.9. The molecule has 1 unspecified atom stereocenters. The first-order valence-electron chi connectivity index (χ1n) is 8.97. The Morgan fingerprint density at radius 2 is 1.76 bits per heavy atom. The molecule has 0 aromatic carbocycles. The monoisotopic (exact) mass is 415 g/mol. The fourth-order valence-corrected chi connectivity index (χ4v) is 2.27. The molecule has 2 amide bonds. The number of nitrogens with one attached hydrogen (secondary N) is 2. The van der Waals surface area contributed by atoms with Crippen molar-refractivity contribution in [1.29, 1.82) is 0 Å². The average molecular weight is 415 g/mol. The van der Waals surface area contributed by atoms with E-state index in [4.69, 9.17) is 4.74 Å². The molecule has 0 fully saturated rings. The lowest BCUT2D eigenvalue weighted by molar-refractivity contribution is -0.174. The Bertz CT molecular complexity index is 874. The molecule has 0 aliphatic rings. The van der Waals surface area contributed by atoms with Crippen molar-refractivity contribution in [1.82, 2.24) is 25.0 Å². The first-order chi connectivity index (χ1) is 13.3. The summed E-state index contributed by atoms with van der Waals surface area (Å²) in [6, 6.07) is 1.62. The number of alkyl carbamates (subject to hydrolysis) is 1. The van der Waals surface area contributed by atoms with Crippen LogP contribution in [0.25, 0.3) is 5.78 Å². The summed E-state index contributed by atoms with van der Waals surface area (Å²) in [7, 11) is 0. The SMILES string of the molecule is CC(CC(=O)NCc1ccn2cc(CNC(=O)OC(C)(C)C)nc2n1)C(F)(F)F. The molecule has 2 N–H and O–H groups in total. The summed E-state index contributed by atoms with van der Waals surface area (Å²) >= 11 is 0. The van der Waals surface area contributed by atoms with Crippen LogP contribution in [0.2, 0.25) is 0 Å². The molecule has 0 spiro atoms. The molecule has 2 rings (SSSR count). The van der Waals surface area contributed by atoms with Crippen molar-refractivity contribution < 1.29 is 27.5 Å². The number of aromatic nitrogens is 3. The normalized spacial score (nSPS) is 13.2. The second-order valence-electron chi connectivity index (χ2n) is 7.64. The van der Waals surface area contributed by atoms with E-state index in [1.165, 1.54) is 0 Å². The van der Waals surface area contributed by atoms with E-state index in [0.29, 0.717) is 17.2 Å². The zero-order valence-corrected chi connectivity index (χ0v) is 16.6. The van der Waals surface area contributed by atoms with Crippen LogP contribution < -0.4 is 10.6 Å². The van der Waals surface area contributed by atoms with Crippen LogP contribution in [0.3, 0.4) is 0 Å². The van der Waals surface area contributed by atoms with E-state index in [0.717, 1.165) is 6.92 Å². The number of amides is 2. The lowest BCUT2D eigenvalue weighted by atomic mass is 10.1. The van der Waals surface area contributed by atoms with E-state index in [2.05, 4.69) is 20.6 Å². The Balaban J connectivity index is 1.92. The lowest BCUT2D eigenvalue weighted by Gasteiger charge is -2.19. The number of rotatable bonds is 6. The fourth-order valence-electron chi connectivity index (χ4n) is 2.27. The van der Waals surface area contributed by atoms with Crippen molar-refractivity contribution in [2.45, 2.75) is 59.0 Å². The smallest absolute Gasteiger partial charge is 0.407 e. The van der Waals surface area contributed by atoms with Gasteiger partial charge in [-0.15, -0.1) is 0 Å².